The minimum Gasteiger partial charge on any atom is -0.463 e. The van der Waals surface area contributed by atoms with Gasteiger partial charge in [-0.15, -0.1) is 11.6 Å². The van der Waals surface area contributed by atoms with Gasteiger partial charge in [0.1, 0.15) is 11.1 Å². The molecule has 0 aliphatic carbocycles. The van der Waals surface area contributed by atoms with Crippen LogP contribution >= 0.6 is 11.6 Å². The number of carbonyl (C=O) groups is 2. The van der Waals surface area contributed by atoms with E-state index in [0.717, 1.165) is 12.1 Å². The first-order valence-corrected chi connectivity index (χ1v) is 7.75. The molecule has 2 atom stereocenters. The number of ether oxygens (including phenoxy) is 2. The maximum atomic E-state index is 14.3. The van der Waals surface area contributed by atoms with Crippen molar-refractivity contribution in [3.63, 3.8) is 0 Å². The third-order valence-corrected chi connectivity index (χ3v) is 4.26. The smallest absolute Gasteiger partial charge is 0.392 e. The molecule has 0 bridgehead atoms. The van der Waals surface area contributed by atoms with E-state index in [2.05, 4.69) is 0 Å². The van der Waals surface area contributed by atoms with E-state index in [9.17, 15) is 27.2 Å². The number of nitrogens with zero attached hydrogens (tertiary/aromatic N) is 1. The molecule has 0 N–H and O–H groups in total. The number of carbonyl (C=O) groups excluding carboxylic acids is 2. The molecule has 10 heteroatoms. The van der Waals surface area contributed by atoms with Gasteiger partial charge in [-0.05, 0) is 12.1 Å². The maximum absolute atomic E-state index is 14.3. The molecule has 2 fully saturated rings. The van der Waals surface area contributed by atoms with E-state index < -0.39 is 54.5 Å². The average Bonchev–Trinajstić information content (AvgIpc) is 2.51. The summed E-state index contributed by atoms with van der Waals surface area (Å²) in [6, 6.07) is 3.29. The number of imide groups is 1. The van der Waals surface area contributed by atoms with E-state index in [1.165, 1.54) is 6.07 Å². The van der Waals surface area contributed by atoms with Crippen molar-refractivity contribution in [1.29, 1.82) is 0 Å². The summed E-state index contributed by atoms with van der Waals surface area (Å²) >= 11 is 5.81. The highest BCUT2D eigenvalue weighted by Crippen LogP contribution is 2.37. The van der Waals surface area contributed by atoms with Crippen molar-refractivity contribution in [2.24, 2.45) is 5.92 Å². The summed E-state index contributed by atoms with van der Waals surface area (Å²) in [5.41, 5.74) is -0.417. The molecule has 2 aliphatic rings. The van der Waals surface area contributed by atoms with Crippen molar-refractivity contribution in [3.05, 3.63) is 24.0 Å². The Balaban J connectivity index is 1.77. The Hall–Kier alpha value is -1.87. The minimum absolute atomic E-state index is 0.0571. The van der Waals surface area contributed by atoms with Crippen molar-refractivity contribution in [1.82, 2.24) is 0 Å². The molecule has 2 aliphatic heterocycles. The van der Waals surface area contributed by atoms with Crippen LogP contribution in [0.1, 0.15) is 12.8 Å². The predicted molar refractivity (Wildman–Crippen MR) is 77.7 cm³/mol. The highest BCUT2D eigenvalue weighted by atomic mass is 35.5. The van der Waals surface area contributed by atoms with Crippen LogP contribution in [0.15, 0.2) is 18.2 Å². The Kier molecular flexibility index (Phi) is 4.63. The molecule has 136 valence electrons. The van der Waals surface area contributed by atoms with E-state index in [1.807, 2.05) is 0 Å². The van der Waals surface area contributed by atoms with E-state index in [0.29, 0.717) is 11.5 Å². The molecule has 1 aromatic carbocycles. The fourth-order valence-electron chi connectivity index (χ4n) is 2.55. The molecule has 25 heavy (non-hydrogen) atoms. The zero-order chi connectivity index (χ0) is 18.4. The molecule has 2 heterocycles. The van der Waals surface area contributed by atoms with Gasteiger partial charge < -0.3 is 9.47 Å². The quantitative estimate of drug-likeness (QED) is 0.459. The van der Waals surface area contributed by atoms with Crippen molar-refractivity contribution >= 4 is 29.1 Å². The fourth-order valence-corrected chi connectivity index (χ4v) is 2.74. The van der Waals surface area contributed by atoms with Gasteiger partial charge in [0.25, 0.3) is 0 Å². The number of hydrogen-bond donors (Lipinski definition) is 0. The summed E-state index contributed by atoms with van der Waals surface area (Å²) in [5, 5.41) is -0.382. The first-order valence-electron chi connectivity index (χ1n) is 7.31. The van der Waals surface area contributed by atoms with E-state index >= 15 is 0 Å². The van der Waals surface area contributed by atoms with Crippen molar-refractivity contribution in [2.75, 3.05) is 11.5 Å². The SMILES string of the molecule is O=C1CC(C(F)(F)F)CC(=O)N1c1ccc(OC2OCC2Cl)cc1F. The molecule has 5 nitrogen and oxygen atoms in total. The summed E-state index contributed by atoms with van der Waals surface area (Å²) in [4.78, 5) is 24.3. The van der Waals surface area contributed by atoms with E-state index in [1.54, 1.807) is 0 Å². The van der Waals surface area contributed by atoms with Crippen LogP contribution < -0.4 is 9.64 Å². The summed E-state index contributed by atoms with van der Waals surface area (Å²) < 4.78 is 62.7. The molecular weight excluding hydrogens is 370 g/mol. The minimum atomic E-state index is -4.66. The van der Waals surface area contributed by atoms with Gasteiger partial charge in [-0.1, -0.05) is 0 Å². The number of amides is 2. The second-order valence-electron chi connectivity index (χ2n) is 5.72. The standard InChI is InChI=1S/C15H12ClF4NO4/c16-9-6-24-14(9)25-8-1-2-11(10(17)5-8)21-12(22)3-7(4-13(21)23)15(18,19)20/h1-2,5,7,9,14H,3-4,6H2. The zero-order valence-electron chi connectivity index (χ0n) is 12.6. The summed E-state index contributed by atoms with van der Waals surface area (Å²) in [6.45, 7) is 0.296. The number of piperidine rings is 1. The number of halogens is 5. The number of benzene rings is 1. The zero-order valence-corrected chi connectivity index (χ0v) is 13.3. The highest BCUT2D eigenvalue weighted by Gasteiger charge is 2.47. The van der Waals surface area contributed by atoms with Crippen LogP contribution in [0.3, 0.4) is 0 Å². The van der Waals surface area contributed by atoms with Crippen LogP contribution in [0.4, 0.5) is 23.2 Å². The van der Waals surface area contributed by atoms with Gasteiger partial charge in [0.05, 0.1) is 18.2 Å². The molecule has 0 radical (unpaired) electrons. The number of rotatable bonds is 3. The van der Waals surface area contributed by atoms with Crippen LogP contribution in [0, 0.1) is 11.7 Å². The molecule has 3 rings (SSSR count). The first kappa shape index (κ1) is 17.9. The van der Waals surface area contributed by atoms with Gasteiger partial charge in [-0.2, -0.15) is 13.2 Å². The third kappa shape index (κ3) is 3.57. The molecular formula is C15H12ClF4NO4. The predicted octanol–water partition coefficient (Wildman–Crippen LogP) is 3.00. The second-order valence-corrected chi connectivity index (χ2v) is 6.28. The normalized spacial score (nSPS) is 25.1. The summed E-state index contributed by atoms with van der Waals surface area (Å²) in [7, 11) is 0. The van der Waals surface area contributed by atoms with Crippen molar-refractivity contribution < 1.29 is 36.6 Å². The van der Waals surface area contributed by atoms with Crippen LogP contribution in [-0.4, -0.2) is 36.3 Å². The maximum Gasteiger partial charge on any atom is 0.392 e. The van der Waals surface area contributed by atoms with Gasteiger partial charge in [0.15, 0.2) is 5.82 Å². The Labute approximate surface area is 144 Å². The van der Waals surface area contributed by atoms with Gasteiger partial charge in [0, 0.05) is 18.9 Å². The highest BCUT2D eigenvalue weighted by molar-refractivity contribution is 6.21. The lowest BCUT2D eigenvalue weighted by Gasteiger charge is -2.33. The molecule has 1 aromatic rings. The van der Waals surface area contributed by atoms with Gasteiger partial charge in [-0.25, -0.2) is 9.29 Å². The Bertz CT molecular complexity index is 693. The molecule has 0 aromatic heterocycles. The van der Waals surface area contributed by atoms with Crippen LogP contribution in [0.25, 0.3) is 0 Å². The Morgan fingerprint density at radius 3 is 2.28 bits per heavy atom. The van der Waals surface area contributed by atoms with Gasteiger partial charge >= 0.3 is 6.18 Å². The lowest BCUT2D eigenvalue weighted by atomic mass is 9.94. The number of anilines is 1. The van der Waals surface area contributed by atoms with E-state index in [4.69, 9.17) is 21.1 Å². The lowest BCUT2D eigenvalue weighted by molar-refractivity contribution is -0.185. The first-order chi connectivity index (χ1) is 11.7. The van der Waals surface area contributed by atoms with Crippen LogP contribution in [0.2, 0.25) is 0 Å². The average molecular weight is 382 g/mol. The largest absolute Gasteiger partial charge is 0.463 e. The topological polar surface area (TPSA) is 55.8 Å². The second kappa shape index (κ2) is 6.45. The van der Waals surface area contributed by atoms with Crippen LogP contribution in [-0.2, 0) is 14.3 Å². The molecule has 0 spiro atoms. The van der Waals surface area contributed by atoms with Crippen molar-refractivity contribution in [3.8, 4) is 5.75 Å². The number of alkyl halides is 4. The van der Waals surface area contributed by atoms with Gasteiger partial charge in [0.2, 0.25) is 18.1 Å². The third-order valence-electron chi connectivity index (χ3n) is 3.93. The van der Waals surface area contributed by atoms with Gasteiger partial charge in [-0.3, -0.25) is 9.59 Å². The molecule has 2 unspecified atom stereocenters. The number of hydrogen-bond acceptors (Lipinski definition) is 4. The fraction of sp³-hybridized carbons (Fsp3) is 0.467. The summed E-state index contributed by atoms with van der Waals surface area (Å²) in [5.74, 6) is -5.17. The van der Waals surface area contributed by atoms with E-state index in [-0.39, 0.29) is 11.1 Å². The summed E-state index contributed by atoms with van der Waals surface area (Å²) in [6.07, 6.45) is -7.21. The van der Waals surface area contributed by atoms with Crippen molar-refractivity contribution in [2.45, 2.75) is 30.7 Å². The monoisotopic (exact) mass is 381 g/mol. The Morgan fingerprint density at radius 1 is 1.20 bits per heavy atom. The molecule has 2 saturated heterocycles. The molecule has 0 saturated carbocycles. The molecule has 2 amide bonds. The Morgan fingerprint density at radius 2 is 1.84 bits per heavy atom. The van der Waals surface area contributed by atoms with Crippen LogP contribution in [0.5, 0.6) is 5.75 Å². The lowest BCUT2D eigenvalue weighted by Crippen LogP contribution is -2.47.